The van der Waals surface area contributed by atoms with E-state index >= 15 is 0 Å². The van der Waals surface area contributed by atoms with Gasteiger partial charge in [-0.25, -0.2) is 9.37 Å². The largest absolute Gasteiger partial charge is 0.454 e. The molecule has 1 aliphatic heterocycles. The lowest BCUT2D eigenvalue weighted by Gasteiger charge is -2.13. The summed E-state index contributed by atoms with van der Waals surface area (Å²) < 4.78 is 29.5. The molecule has 0 atom stereocenters. The molecule has 0 saturated carbocycles. The predicted molar refractivity (Wildman–Crippen MR) is 115 cm³/mol. The summed E-state index contributed by atoms with van der Waals surface area (Å²) in [5, 5.41) is 6.57. The van der Waals surface area contributed by atoms with Gasteiger partial charge in [-0.05, 0) is 60.0 Å². The summed E-state index contributed by atoms with van der Waals surface area (Å²) in [7, 11) is 1.73. The average molecular weight is 422 g/mol. The van der Waals surface area contributed by atoms with Crippen LogP contribution in [0, 0.1) is 5.82 Å². The number of hydrogen-bond acceptors (Lipinski definition) is 5. The SMILES string of the molecule is CN=C(NCCc1ccc2c(c1)OCO2)NCc1ccnc(Oc2ccc(F)cc2)c1. The molecule has 8 heteroatoms. The summed E-state index contributed by atoms with van der Waals surface area (Å²) in [4.78, 5) is 8.46. The van der Waals surface area contributed by atoms with E-state index in [1.165, 1.54) is 12.1 Å². The van der Waals surface area contributed by atoms with Gasteiger partial charge in [0.25, 0.3) is 0 Å². The predicted octanol–water partition coefficient (Wildman–Crippen LogP) is 3.65. The van der Waals surface area contributed by atoms with Gasteiger partial charge in [-0.15, -0.1) is 0 Å². The van der Waals surface area contributed by atoms with Crippen LogP contribution in [-0.4, -0.2) is 31.3 Å². The van der Waals surface area contributed by atoms with Crippen molar-refractivity contribution in [2.24, 2.45) is 4.99 Å². The Hall–Kier alpha value is -3.81. The number of ether oxygens (including phenoxy) is 3. The highest BCUT2D eigenvalue weighted by atomic mass is 19.1. The topological polar surface area (TPSA) is 77.0 Å². The quantitative estimate of drug-likeness (QED) is 0.447. The van der Waals surface area contributed by atoms with Crippen LogP contribution in [0.2, 0.25) is 0 Å². The maximum absolute atomic E-state index is 13.0. The van der Waals surface area contributed by atoms with Gasteiger partial charge in [0.1, 0.15) is 11.6 Å². The number of rotatable bonds is 7. The number of nitrogens with zero attached hydrogens (tertiary/aromatic N) is 2. The number of halogens is 1. The van der Waals surface area contributed by atoms with Crippen LogP contribution in [0.25, 0.3) is 0 Å². The summed E-state index contributed by atoms with van der Waals surface area (Å²) in [6.07, 6.45) is 2.49. The zero-order chi connectivity index (χ0) is 21.5. The molecule has 0 saturated heterocycles. The van der Waals surface area contributed by atoms with Crippen LogP contribution in [-0.2, 0) is 13.0 Å². The molecule has 2 N–H and O–H groups in total. The van der Waals surface area contributed by atoms with E-state index < -0.39 is 0 Å². The van der Waals surface area contributed by atoms with Crippen molar-refractivity contribution in [3.63, 3.8) is 0 Å². The third-order valence-corrected chi connectivity index (χ3v) is 4.66. The zero-order valence-corrected chi connectivity index (χ0v) is 17.1. The Balaban J connectivity index is 1.26. The van der Waals surface area contributed by atoms with Crippen LogP contribution in [0.15, 0.2) is 65.8 Å². The Morgan fingerprint density at radius 1 is 1.03 bits per heavy atom. The van der Waals surface area contributed by atoms with Crippen molar-refractivity contribution in [3.05, 3.63) is 77.7 Å². The fraction of sp³-hybridized carbons (Fsp3) is 0.217. The van der Waals surface area contributed by atoms with E-state index in [0.29, 0.717) is 30.7 Å². The van der Waals surface area contributed by atoms with Crippen molar-refractivity contribution in [2.75, 3.05) is 20.4 Å². The first-order valence-electron chi connectivity index (χ1n) is 9.91. The first kappa shape index (κ1) is 20.5. The maximum Gasteiger partial charge on any atom is 0.231 e. The molecule has 7 nitrogen and oxygen atoms in total. The molecule has 4 rings (SSSR count). The highest BCUT2D eigenvalue weighted by molar-refractivity contribution is 5.79. The van der Waals surface area contributed by atoms with Crippen molar-refractivity contribution >= 4 is 5.96 Å². The smallest absolute Gasteiger partial charge is 0.231 e. The van der Waals surface area contributed by atoms with Gasteiger partial charge in [-0.2, -0.15) is 0 Å². The minimum Gasteiger partial charge on any atom is -0.454 e. The molecule has 3 aromatic rings. The molecule has 0 aliphatic carbocycles. The van der Waals surface area contributed by atoms with E-state index in [0.717, 1.165) is 29.0 Å². The molecule has 0 fully saturated rings. The Kier molecular flexibility index (Phi) is 6.47. The number of aromatic nitrogens is 1. The lowest BCUT2D eigenvalue weighted by atomic mass is 10.1. The fourth-order valence-electron chi connectivity index (χ4n) is 3.07. The van der Waals surface area contributed by atoms with E-state index in [1.807, 2.05) is 30.3 Å². The zero-order valence-electron chi connectivity index (χ0n) is 17.1. The number of pyridine rings is 1. The minimum atomic E-state index is -0.310. The van der Waals surface area contributed by atoms with Crippen molar-refractivity contribution < 1.29 is 18.6 Å². The Bertz CT molecular complexity index is 1060. The number of hydrogen-bond donors (Lipinski definition) is 2. The Morgan fingerprint density at radius 2 is 1.87 bits per heavy atom. The van der Waals surface area contributed by atoms with Gasteiger partial charge in [-0.1, -0.05) is 6.07 Å². The number of aliphatic imine (C=N–C) groups is 1. The van der Waals surface area contributed by atoms with Gasteiger partial charge in [0.2, 0.25) is 12.7 Å². The number of guanidine groups is 1. The van der Waals surface area contributed by atoms with E-state index in [1.54, 1.807) is 25.4 Å². The molecule has 0 bridgehead atoms. The summed E-state index contributed by atoms with van der Waals surface area (Å²) in [5.74, 6) is 2.93. The average Bonchev–Trinajstić information content (AvgIpc) is 3.26. The molecule has 2 aromatic carbocycles. The van der Waals surface area contributed by atoms with Gasteiger partial charge < -0.3 is 24.8 Å². The third-order valence-electron chi connectivity index (χ3n) is 4.66. The van der Waals surface area contributed by atoms with E-state index in [-0.39, 0.29) is 12.6 Å². The monoisotopic (exact) mass is 422 g/mol. The van der Waals surface area contributed by atoms with Gasteiger partial charge in [0.15, 0.2) is 17.5 Å². The highest BCUT2D eigenvalue weighted by Gasteiger charge is 2.13. The summed E-state index contributed by atoms with van der Waals surface area (Å²) in [6.45, 7) is 1.54. The summed E-state index contributed by atoms with van der Waals surface area (Å²) >= 11 is 0. The molecule has 0 unspecified atom stereocenters. The molecule has 1 aromatic heterocycles. The van der Waals surface area contributed by atoms with Crippen LogP contribution in [0.5, 0.6) is 23.1 Å². The normalized spacial score (nSPS) is 12.5. The van der Waals surface area contributed by atoms with Crippen molar-refractivity contribution in [1.29, 1.82) is 0 Å². The lowest BCUT2D eigenvalue weighted by Crippen LogP contribution is -2.37. The molecular weight excluding hydrogens is 399 g/mol. The van der Waals surface area contributed by atoms with E-state index in [2.05, 4.69) is 20.6 Å². The third kappa shape index (κ3) is 5.63. The van der Waals surface area contributed by atoms with Gasteiger partial charge >= 0.3 is 0 Å². The molecule has 0 radical (unpaired) electrons. The van der Waals surface area contributed by atoms with Crippen LogP contribution in [0.1, 0.15) is 11.1 Å². The molecule has 160 valence electrons. The second-order valence-corrected chi connectivity index (χ2v) is 6.85. The van der Waals surface area contributed by atoms with Crippen molar-refractivity contribution in [1.82, 2.24) is 15.6 Å². The minimum absolute atomic E-state index is 0.277. The molecule has 0 spiro atoms. The molecular formula is C23H23FN4O3. The van der Waals surface area contributed by atoms with Gasteiger partial charge in [0, 0.05) is 32.4 Å². The lowest BCUT2D eigenvalue weighted by molar-refractivity contribution is 0.174. The fourth-order valence-corrected chi connectivity index (χ4v) is 3.07. The van der Waals surface area contributed by atoms with Crippen LogP contribution < -0.4 is 24.8 Å². The van der Waals surface area contributed by atoms with Crippen molar-refractivity contribution in [2.45, 2.75) is 13.0 Å². The Labute approximate surface area is 179 Å². The number of nitrogens with one attached hydrogen (secondary N) is 2. The highest BCUT2D eigenvalue weighted by Crippen LogP contribution is 2.32. The van der Waals surface area contributed by atoms with Gasteiger partial charge in [-0.3, -0.25) is 4.99 Å². The maximum atomic E-state index is 13.0. The van der Waals surface area contributed by atoms with Crippen molar-refractivity contribution in [3.8, 4) is 23.1 Å². The first-order chi connectivity index (χ1) is 15.2. The van der Waals surface area contributed by atoms with E-state index in [4.69, 9.17) is 14.2 Å². The first-order valence-corrected chi connectivity index (χ1v) is 9.91. The second-order valence-electron chi connectivity index (χ2n) is 6.85. The number of benzene rings is 2. The van der Waals surface area contributed by atoms with Crippen LogP contribution in [0.3, 0.4) is 0 Å². The second kappa shape index (κ2) is 9.80. The Morgan fingerprint density at radius 3 is 2.71 bits per heavy atom. The summed E-state index contributed by atoms with van der Waals surface area (Å²) in [6, 6.07) is 15.5. The molecule has 31 heavy (non-hydrogen) atoms. The molecule has 1 aliphatic rings. The van der Waals surface area contributed by atoms with Gasteiger partial charge in [0.05, 0.1) is 0 Å². The molecule has 0 amide bonds. The van der Waals surface area contributed by atoms with Crippen LogP contribution >= 0.6 is 0 Å². The standard InChI is InChI=1S/C23H23FN4O3/c1-25-23(27-11-8-16-2-7-20-21(12-16)30-15-29-20)28-14-17-9-10-26-22(13-17)31-19-5-3-18(24)4-6-19/h2-7,9-10,12-13H,8,11,14-15H2,1H3,(H2,25,27,28). The number of fused-ring (bicyclic) bond motifs is 1. The van der Waals surface area contributed by atoms with Crippen LogP contribution in [0.4, 0.5) is 4.39 Å². The van der Waals surface area contributed by atoms with E-state index in [9.17, 15) is 4.39 Å². The summed E-state index contributed by atoms with van der Waals surface area (Å²) in [5.41, 5.74) is 2.13. The molecule has 2 heterocycles.